The molecule has 0 spiro atoms. The Hall–Kier alpha value is 0.270. The average molecular weight is 219 g/mol. The Balaban J connectivity index is 3.63. The summed E-state index contributed by atoms with van der Waals surface area (Å²) in [5.41, 5.74) is -0.0652. The fourth-order valence-electron chi connectivity index (χ4n) is 1.36. The second-order valence-electron chi connectivity index (χ2n) is 3.95. The molecule has 0 aromatic carbocycles. The van der Waals surface area contributed by atoms with Gasteiger partial charge in [-0.3, -0.25) is 0 Å². The number of rotatable bonds is 9. The molecule has 0 saturated carbocycles. The van der Waals surface area contributed by atoms with Crippen LogP contribution in [0.3, 0.4) is 0 Å². The highest BCUT2D eigenvalue weighted by atomic mass is 32.2. The van der Waals surface area contributed by atoms with Gasteiger partial charge in [-0.2, -0.15) is 11.8 Å². The van der Waals surface area contributed by atoms with E-state index in [4.69, 9.17) is 0 Å². The molecule has 2 N–H and O–H groups in total. The quantitative estimate of drug-likeness (QED) is 0.584. The molecule has 0 radical (unpaired) electrons. The number of aliphatic hydroxyl groups excluding tert-OH is 1. The summed E-state index contributed by atoms with van der Waals surface area (Å²) >= 11 is 1.97. The van der Waals surface area contributed by atoms with Crippen molar-refractivity contribution in [2.75, 3.05) is 24.7 Å². The maximum absolute atomic E-state index is 9.30. The van der Waals surface area contributed by atoms with Crippen molar-refractivity contribution in [3.63, 3.8) is 0 Å². The van der Waals surface area contributed by atoms with E-state index in [2.05, 4.69) is 26.1 Å². The van der Waals surface area contributed by atoms with Gasteiger partial charge in [0.15, 0.2) is 0 Å². The molecule has 0 amide bonds. The lowest BCUT2D eigenvalue weighted by atomic mass is 9.97. The van der Waals surface area contributed by atoms with E-state index in [1.165, 1.54) is 17.9 Å². The summed E-state index contributed by atoms with van der Waals surface area (Å²) in [4.78, 5) is 0. The van der Waals surface area contributed by atoms with Crippen molar-refractivity contribution in [3.05, 3.63) is 0 Å². The maximum Gasteiger partial charge on any atom is 0.0610 e. The van der Waals surface area contributed by atoms with Crippen molar-refractivity contribution in [1.29, 1.82) is 0 Å². The van der Waals surface area contributed by atoms with Gasteiger partial charge >= 0.3 is 0 Å². The van der Waals surface area contributed by atoms with Gasteiger partial charge in [0.2, 0.25) is 0 Å². The molecule has 0 aliphatic carbocycles. The molecule has 14 heavy (non-hydrogen) atoms. The molecule has 1 atom stereocenters. The molecule has 1 unspecified atom stereocenters. The molecule has 0 heterocycles. The number of nitrogens with one attached hydrogen (secondary N) is 1. The van der Waals surface area contributed by atoms with Gasteiger partial charge < -0.3 is 10.4 Å². The molecule has 0 saturated heterocycles. The summed E-state index contributed by atoms with van der Waals surface area (Å²) in [5.74, 6) is 2.40. The first-order valence-corrected chi connectivity index (χ1v) is 6.77. The predicted octanol–water partition coefficient (Wildman–Crippen LogP) is 2.27. The third-order valence-corrected chi connectivity index (χ3v) is 3.36. The van der Waals surface area contributed by atoms with Crippen molar-refractivity contribution in [2.45, 2.75) is 45.6 Å². The Kier molecular flexibility index (Phi) is 8.73. The highest BCUT2D eigenvalue weighted by Gasteiger charge is 2.20. The molecule has 0 aromatic heterocycles. The van der Waals surface area contributed by atoms with Crippen LogP contribution in [0.4, 0.5) is 0 Å². The number of hydrogen-bond acceptors (Lipinski definition) is 3. The zero-order valence-corrected chi connectivity index (χ0v) is 10.6. The minimum atomic E-state index is -0.0652. The van der Waals surface area contributed by atoms with Crippen LogP contribution in [0.15, 0.2) is 0 Å². The van der Waals surface area contributed by atoms with E-state index in [0.717, 1.165) is 19.4 Å². The van der Waals surface area contributed by atoms with E-state index in [0.29, 0.717) is 0 Å². The zero-order valence-electron chi connectivity index (χ0n) is 9.81. The van der Waals surface area contributed by atoms with Gasteiger partial charge in [0.25, 0.3) is 0 Å². The lowest BCUT2D eigenvalue weighted by Gasteiger charge is -2.28. The van der Waals surface area contributed by atoms with Crippen molar-refractivity contribution < 1.29 is 5.11 Å². The van der Waals surface area contributed by atoms with Crippen molar-refractivity contribution >= 4 is 11.8 Å². The summed E-state index contributed by atoms with van der Waals surface area (Å²) in [5, 5.41) is 12.7. The standard InChI is InChI=1S/C11H25NOS/c1-4-8-12-11(3,10-13)7-6-9-14-5-2/h12-13H,4-10H2,1-3H3. The third kappa shape index (κ3) is 6.68. The van der Waals surface area contributed by atoms with E-state index in [1.807, 2.05) is 11.8 Å². The minimum Gasteiger partial charge on any atom is -0.394 e. The van der Waals surface area contributed by atoms with E-state index in [-0.39, 0.29) is 12.1 Å². The average Bonchev–Trinajstić information content (AvgIpc) is 2.22. The second kappa shape index (κ2) is 8.57. The van der Waals surface area contributed by atoms with Gasteiger partial charge in [-0.25, -0.2) is 0 Å². The van der Waals surface area contributed by atoms with Crippen LogP contribution < -0.4 is 5.32 Å². The van der Waals surface area contributed by atoms with Gasteiger partial charge in [-0.05, 0) is 44.2 Å². The highest BCUT2D eigenvalue weighted by molar-refractivity contribution is 7.99. The Morgan fingerprint density at radius 2 is 2.07 bits per heavy atom. The number of hydrogen-bond donors (Lipinski definition) is 2. The topological polar surface area (TPSA) is 32.3 Å². The van der Waals surface area contributed by atoms with Gasteiger partial charge in [-0.1, -0.05) is 13.8 Å². The van der Waals surface area contributed by atoms with Crippen LogP contribution in [0.2, 0.25) is 0 Å². The Morgan fingerprint density at radius 1 is 1.36 bits per heavy atom. The summed E-state index contributed by atoms with van der Waals surface area (Å²) in [6.07, 6.45) is 3.38. The van der Waals surface area contributed by atoms with Crippen LogP contribution in [0.5, 0.6) is 0 Å². The smallest absolute Gasteiger partial charge is 0.0610 e. The van der Waals surface area contributed by atoms with Gasteiger partial charge in [-0.15, -0.1) is 0 Å². The Labute approximate surface area is 92.9 Å². The molecule has 0 bridgehead atoms. The maximum atomic E-state index is 9.30. The van der Waals surface area contributed by atoms with Crippen molar-refractivity contribution in [1.82, 2.24) is 5.32 Å². The van der Waals surface area contributed by atoms with Crippen LogP contribution in [0.25, 0.3) is 0 Å². The molecule has 3 heteroatoms. The largest absolute Gasteiger partial charge is 0.394 e. The Morgan fingerprint density at radius 3 is 2.57 bits per heavy atom. The molecular weight excluding hydrogens is 194 g/mol. The molecule has 0 rings (SSSR count). The summed E-state index contributed by atoms with van der Waals surface area (Å²) in [7, 11) is 0. The lowest BCUT2D eigenvalue weighted by Crippen LogP contribution is -2.46. The van der Waals surface area contributed by atoms with E-state index >= 15 is 0 Å². The highest BCUT2D eigenvalue weighted by Crippen LogP contribution is 2.14. The van der Waals surface area contributed by atoms with Crippen molar-refractivity contribution in [3.8, 4) is 0 Å². The molecule has 0 aromatic rings. The van der Waals surface area contributed by atoms with E-state index in [9.17, 15) is 5.11 Å². The minimum absolute atomic E-state index is 0.0652. The van der Waals surface area contributed by atoms with E-state index < -0.39 is 0 Å². The summed E-state index contributed by atoms with van der Waals surface area (Å²) in [6, 6.07) is 0. The molecule has 2 nitrogen and oxygen atoms in total. The second-order valence-corrected chi connectivity index (χ2v) is 5.34. The first-order chi connectivity index (χ1) is 6.68. The predicted molar refractivity (Wildman–Crippen MR) is 66.0 cm³/mol. The molecular formula is C11H25NOS. The third-order valence-electron chi connectivity index (χ3n) is 2.37. The van der Waals surface area contributed by atoms with Crippen LogP contribution >= 0.6 is 11.8 Å². The molecule has 0 aliphatic heterocycles. The normalized spacial score (nSPS) is 15.4. The molecule has 86 valence electrons. The van der Waals surface area contributed by atoms with Gasteiger partial charge in [0.1, 0.15) is 0 Å². The first-order valence-electron chi connectivity index (χ1n) is 5.62. The summed E-state index contributed by atoms with van der Waals surface area (Å²) in [6.45, 7) is 7.68. The van der Waals surface area contributed by atoms with Crippen LogP contribution in [0, 0.1) is 0 Å². The molecule has 0 aliphatic rings. The Bertz CT molecular complexity index is 132. The van der Waals surface area contributed by atoms with Crippen LogP contribution in [-0.2, 0) is 0 Å². The zero-order chi connectivity index (χ0) is 10.9. The fraction of sp³-hybridized carbons (Fsp3) is 1.00. The number of thioether (sulfide) groups is 1. The van der Waals surface area contributed by atoms with Crippen LogP contribution in [0.1, 0.15) is 40.0 Å². The fourth-order valence-corrected chi connectivity index (χ4v) is 2.00. The number of aliphatic hydroxyl groups is 1. The van der Waals surface area contributed by atoms with Crippen LogP contribution in [-0.4, -0.2) is 35.3 Å². The lowest BCUT2D eigenvalue weighted by molar-refractivity contribution is 0.165. The van der Waals surface area contributed by atoms with E-state index in [1.54, 1.807) is 0 Å². The summed E-state index contributed by atoms with van der Waals surface area (Å²) < 4.78 is 0. The first kappa shape index (κ1) is 14.3. The molecule has 0 fully saturated rings. The monoisotopic (exact) mass is 219 g/mol. The van der Waals surface area contributed by atoms with Gasteiger partial charge in [0.05, 0.1) is 6.61 Å². The van der Waals surface area contributed by atoms with Gasteiger partial charge in [0, 0.05) is 5.54 Å². The van der Waals surface area contributed by atoms with Crippen molar-refractivity contribution in [2.24, 2.45) is 0 Å². The SMILES string of the molecule is CCCNC(C)(CO)CCCSCC.